The number of benzene rings is 1. The Balaban J connectivity index is 1.90. The average molecular weight is 260 g/mol. The Bertz CT molecular complexity index is 363. The van der Waals surface area contributed by atoms with Gasteiger partial charge in [-0.1, -0.05) is 50.6 Å². The molecule has 0 aliphatic carbocycles. The van der Waals surface area contributed by atoms with E-state index in [1.807, 2.05) is 0 Å². The van der Waals surface area contributed by atoms with Gasteiger partial charge in [0, 0.05) is 31.7 Å². The van der Waals surface area contributed by atoms with Gasteiger partial charge in [0.2, 0.25) is 0 Å². The first-order valence-electron chi connectivity index (χ1n) is 7.72. The molecular formula is C17H28N2. The number of nitrogens with zero attached hydrogens (tertiary/aromatic N) is 1. The van der Waals surface area contributed by atoms with E-state index in [2.05, 4.69) is 61.3 Å². The van der Waals surface area contributed by atoms with Crippen molar-refractivity contribution in [1.29, 1.82) is 0 Å². The fourth-order valence-corrected chi connectivity index (χ4v) is 2.96. The highest BCUT2D eigenvalue weighted by molar-refractivity contribution is 5.16. The van der Waals surface area contributed by atoms with Crippen LogP contribution >= 0.6 is 0 Å². The average Bonchev–Trinajstić information content (AvgIpc) is 2.47. The van der Waals surface area contributed by atoms with Crippen LogP contribution in [0.2, 0.25) is 0 Å². The van der Waals surface area contributed by atoms with Gasteiger partial charge in [0.25, 0.3) is 0 Å². The summed E-state index contributed by atoms with van der Waals surface area (Å²) in [5.41, 5.74) is 1.44. The number of hydrogen-bond donors (Lipinski definition) is 1. The van der Waals surface area contributed by atoms with Crippen molar-refractivity contribution >= 4 is 0 Å². The van der Waals surface area contributed by atoms with E-state index in [9.17, 15) is 0 Å². The molecule has 1 aliphatic heterocycles. The second-order valence-electron chi connectivity index (χ2n) is 5.96. The normalized spacial score (nSPS) is 24.1. The molecule has 0 radical (unpaired) electrons. The summed E-state index contributed by atoms with van der Waals surface area (Å²) in [6.07, 6.45) is 2.42. The van der Waals surface area contributed by atoms with Crippen molar-refractivity contribution in [2.24, 2.45) is 5.92 Å². The lowest BCUT2D eigenvalue weighted by Crippen LogP contribution is -2.55. The summed E-state index contributed by atoms with van der Waals surface area (Å²) in [6.45, 7) is 10.6. The standard InChI is InChI=1S/C17H28N2/c1-4-14(2)15(3)19-11-10-18-17(13-19)12-16-8-6-5-7-9-16/h5-9,14-15,17-18H,4,10-13H2,1-3H3. The predicted octanol–water partition coefficient (Wildman–Crippen LogP) is 2.94. The molecule has 19 heavy (non-hydrogen) atoms. The zero-order chi connectivity index (χ0) is 13.7. The van der Waals surface area contributed by atoms with Crippen LogP contribution in [-0.4, -0.2) is 36.6 Å². The van der Waals surface area contributed by atoms with Crippen molar-refractivity contribution in [3.8, 4) is 0 Å². The largest absolute Gasteiger partial charge is 0.311 e. The molecule has 106 valence electrons. The molecule has 1 fully saturated rings. The fourth-order valence-electron chi connectivity index (χ4n) is 2.96. The first-order valence-corrected chi connectivity index (χ1v) is 7.72. The third-order valence-corrected chi connectivity index (χ3v) is 4.66. The number of piperazine rings is 1. The first kappa shape index (κ1) is 14.5. The van der Waals surface area contributed by atoms with Crippen LogP contribution < -0.4 is 5.32 Å². The minimum atomic E-state index is 0.600. The minimum Gasteiger partial charge on any atom is -0.311 e. The Morgan fingerprint density at radius 1 is 1.26 bits per heavy atom. The lowest BCUT2D eigenvalue weighted by Gasteiger charge is -2.39. The van der Waals surface area contributed by atoms with Crippen molar-refractivity contribution in [1.82, 2.24) is 10.2 Å². The summed E-state index contributed by atoms with van der Waals surface area (Å²) in [4.78, 5) is 2.66. The Hall–Kier alpha value is -0.860. The second kappa shape index (κ2) is 7.06. The number of nitrogens with one attached hydrogen (secondary N) is 1. The number of hydrogen-bond acceptors (Lipinski definition) is 2. The molecule has 0 saturated carbocycles. The van der Waals surface area contributed by atoms with Crippen LogP contribution in [0.5, 0.6) is 0 Å². The second-order valence-corrected chi connectivity index (χ2v) is 5.96. The van der Waals surface area contributed by atoms with Crippen molar-refractivity contribution in [2.45, 2.75) is 45.7 Å². The molecule has 3 unspecified atom stereocenters. The highest BCUT2D eigenvalue weighted by Gasteiger charge is 2.25. The third-order valence-electron chi connectivity index (χ3n) is 4.66. The molecule has 1 aromatic carbocycles. The molecule has 1 N–H and O–H groups in total. The van der Waals surface area contributed by atoms with Gasteiger partial charge in [-0.2, -0.15) is 0 Å². The molecule has 1 aliphatic rings. The highest BCUT2D eigenvalue weighted by Crippen LogP contribution is 2.17. The molecule has 0 aromatic heterocycles. The van der Waals surface area contributed by atoms with E-state index >= 15 is 0 Å². The molecule has 1 saturated heterocycles. The molecule has 2 nitrogen and oxygen atoms in total. The van der Waals surface area contributed by atoms with E-state index in [0.29, 0.717) is 12.1 Å². The van der Waals surface area contributed by atoms with Crippen LogP contribution in [0.1, 0.15) is 32.8 Å². The Labute approximate surface area is 118 Å². The van der Waals surface area contributed by atoms with Crippen LogP contribution in [-0.2, 0) is 6.42 Å². The van der Waals surface area contributed by atoms with E-state index in [4.69, 9.17) is 0 Å². The topological polar surface area (TPSA) is 15.3 Å². The van der Waals surface area contributed by atoms with Crippen molar-refractivity contribution in [2.75, 3.05) is 19.6 Å². The Kier molecular flexibility index (Phi) is 5.41. The van der Waals surface area contributed by atoms with Gasteiger partial charge >= 0.3 is 0 Å². The summed E-state index contributed by atoms with van der Waals surface area (Å²) >= 11 is 0. The zero-order valence-electron chi connectivity index (χ0n) is 12.6. The van der Waals surface area contributed by atoms with E-state index < -0.39 is 0 Å². The quantitative estimate of drug-likeness (QED) is 0.875. The van der Waals surface area contributed by atoms with Crippen LogP contribution in [0, 0.1) is 5.92 Å². The highest BCUT2D eigenvalue weighted by atomic mass is 15.2. The monoisotopic (exact) mass is 260 g/mol. The smallest absolute Gasteiger partial charge is 0.0236 e. The van der Waals surface area contributed by atoms with Crippen LogP contribution in [0.15, 0.2) is 30.3 Å². The SMILES string of the molecule is CCC(C)C(C)N1CCNC(Cc2ccccc2)C1. The Morgan fingerprint density at radius 3 is 2.68 bits per heavy atom. The molecule has 1 heterocycles. The minimum absolute atomic E-state index is 0.600. The summed E-state index contributed by atoms with van der Waals surface area (Å²) in [6, 6.07) is 12.1. The van der Waals surface area contributed by atoms with Crippen molar-refractivity contribution in [3.05, 3.63) is 35.9 Å². The van der Waals surface area contributed by atoms with E-state index in [1.165, 1.54) is 25.1 Å². The molecule has 2 rings (SSSR count). The Morgan fingerprint density at radius 2 is 2.00 bits per heavy atom. The van der Waals surface area contributed by atoms with Gasteiger partial charge < -0.3 is 5.32 Å². The lowest BCUT2D eigenvalue weighted by molar-refractivity contribution is 0.117. The van der Waals surface area contributed by atoms with E-state index in [0.717, 1.165) is 18.9 Å². The van der Waals surface area contributed by atoms with Crippen LogP contribution in [0.25, 0.3) is 0 Å². The van der Waals surface area contributed by atoms with Gasteiger partial charge in [0.05, 0.1) is 0 Å². The van der Waals surface area contributed by atoms with Gasteiger partial charge in [-0.15, -0.1) is 0 Å². The summed E-state index contributed by atoms with van der Waals surface area (Å²) in [5, 5.41) is 3.67. The summed E-state index contributed by atoms with van der Waals surface area (Å²) in [5.74, 6) is 0.787. The predicted molar refractivity (Wildman–Crippen MR) is 82.4 cm³/mol. The molecule has 0 amide bonds. The maximum atomic E-state index is 3.67. The van der Waals surface area contributed by atoms with Gasteiger partial charge in [-0.3, -0.25) is 4.90 Å². The van der Waals surface area contributed by atoms with Gasteiger partial charge in [0.1, 0.15) is 0 Å². The van der Waals surface area contributed by atoms with Crippen molar-refractivity contribution < 1.29 is 0 Å². The molecule has 3 atom stereocenters. The first-order chi connectivity index (χ1) is 9.20. The van der Waals surface area contributed by atoms with Crippen LogP contribution in [0.4, 0.5) is 0 Å². The van der Waals surface area contributed by atoms with Crippen LogP contribution in [0.3, 0.4) is 0 Å². The third kappa shape index (κ3) is 4.05. The zero-order valence-corrected chi connectivity index (χ0v) is 12.6. The molecule has 0 spiro atoms. The maximum Gasteiger partial charge on any atom is 0.0236 e. The maximum absolute atomic E-state index is 3.67. The summed E-state index contributed by atoms with van der Waals surface area (Å²) in [7, 11) is 0. The van der Waals surface area contributed by atoms with Crippen molar-refractivity contribution in [3.63, 3.8) is 0 Å². The summed E-state index contributed by atoms with van der Waals surface area (Å²) < 4.78 is 0. The van der Waals surface area contributed by atoms with Gasteiger partial charge in [-0.05, 0) is 24.8 Å². The lowest BCUT2D eigenvalue weighted by atomic mass is 9.96. The molecule has 0 bridgehead atoms. The molecule has 1 aromatic rings. The van der Waals surface area contributed by atoms with Gasteiger partial charge in [-0.25, -0.2) is 0 Å². The fraction of sp³-hybridized carbons (Fsp3) is 0.647. The number of rotatable bonds is 5. The molecule has 2 heteroatoms. The van der Waals surface area contributed by atoms with E-state index in [1.54, 1.807) is 0 Å². The van der Waals surface area contributed by atoms with E-state index in [-0.39, 0.29) is 0 Å². The molecular weight excluding hydrogens is 232 g/mol. The van der Waals surface area contributed by atoms with Gasteiger partial charge in [0.15, 0.2) is 0 Å².